The highest BCUT2D eigenvalue weighted by atomic mass is 16.6. The van der Waals surface area contributed by atoms with Crippen molar-refractivity contribution in [1.29, 1.82) is 0 Å². The molecule has 0 spiro atoms. The summed E-state index contributed by atoms with van der Waals surface area (Å²) >= 11 is 0. The highest BCUT2D eigenvalue weighted by Crippen LogP contribution is 2.25. The molecule has 3 rings (SSSR count). The number of ether oxygens (including phenoxy) is 3. The molecule has 5 heteroatoms. The van der Waals surface area contributed by atoms with Crippen molar-refractivity contribution in [2.75, 3.05) is 14.2 Å². The van der Waals surface area contributed by atoms with Crippen molar-refractivity contribution in [2.45, 2.75) is 0 Å². The Balaban J connectivity index is 1.93. The molecule has 0 N–H and O–H groups in total. The van der Waals surface area contributed by atoms with E-state index in [1.54, 1.807) is 32.4 Å². The number of aliphatic imine (C=N–C) groups is 1. The summed E-state index contributed by atoms with van der Waals surface area (Å²) in [6.45, 7) is 0. The summed E-state index contributed by atoms with van der Waals surface area (Å²) in [5.41, 5.74) is 1.72. The van der Waals surface area contributed by atoms with E-state index in [-0.39, 0.29) is 11.6 Å². The monoisotopic (exact) mass is 309 g/mol. The molecule has 0 atom stereocenters. The van der Waals surface area contributed by atoms with Crippen molar-refractivity contribution in [1.82, 2.24) is 0 Å². The zero-order chi connectivity index (χ0) is 16.2. The van der Waals surface area contributed by atoms with Crippen LogP contribution < -0.4 is 9.47 Å². The van der Waals surface area contributed by atoms with Crippen LogP contribution in [0.2, 0.25) is 0 Å². The molecule has 0 saturated heterocycles. The van der Waals surface area contributed by atoms with Crippen LogP contribution in [0.15, 0.2) is 59.2 Å². The number of esters is 1. The summed E-state index contributed by atoms with van der Waals surface area (Å²) < 4.78 is 15.6. The van der Waals surface area contributed by atoms with Gasteiger partial charge in [-0.25, -0.2) is 9.79 Å². The first kappa shape index (κ1) is 14.8. The second-order valence-electron chi connectivity index (χ2n) is 4.81. The maximum Gasteiger partial charge on any atom is 0.363 e. The van der Waals surface area contributed by atoms with E-state index in [9.17, 15) is 4.79 Å². The average Bonchev–Trinajstić information content (AvgIpc) is 2.96. The first-order valence-electron chi connectivity index (χ1n) is 7.01. The molecule has 1 aliphatic heterocycles. The number of hydrogen-bond donors (Lipinski definition) is 0. The predicted octanol–water partition coefficient (Wildman–Crippen LogP) is 3.05. The third kappa shape index (κ3) is 3.08. The smallest absolute Gasteiger partial charge is 0.363 e. The number of hydrogen-bond acceptors (Lipinski definition) is 5. The van der Waals surface area contributed by atoms with Crippen LogP contribution in [0, 0.1) is 0 Å². The first-order chi connectivity index (χ1) is 11.2. The van der Waals surface area contributed by atoms with Gasteiger partial charge >= 0.3 is 5.97 Å². The van der Waals surface area contributed by atoms with Crippen LogP contribution >= 0.6 is 0 Å². The summed E-state index contributed by atoms with van der Waals surface area (Å²) in [7, 11) is 3.16. The molecule has 116 valence electrons. The lowest BCUT2D eigenvalue weighted by atomic mass is 10.2. The number of cyclic esters (lactones) is 1. The fourth-order valence-electron chi connectivity index (χ4n) is 2.20. The van der Waals surface area contributed by atoms with Gasteiger partial charge in [-0.15, -0.1) is 0 Å². The van der Waals surface area contributed by atoms with Crippen LogP contribution in [0.25, 0.3) is 6.08 Å². The van der Waals surface area contributed by atoms with E-state index in [1.165, 1.54) is 0 Å². The molecular formula is C18H15NO4. The molecule has 23 heavy (non-hydrogen) atoms. The number of carbonyl (C=O) groups excluding carboxylic acids is 1. The molecule has 0 unspecified atom stereocenters. The molecule has 5 nitrogen and oxygen atoms in total. The van der Waals surface area contributed by atoms with Crippen molar-refractivity contribution in [2.24, 2.45) is 4.99 Å². The van der Waals surface area contributed by atoms with Crippen molar-refractivity contribution in [3.05, 3.63) is 65.4 Å². The molecule has 2 aromatic rings. The zero-order valence-corrected chi connectivity index (χ0v) is 12.8. The minimum atomic E-state index is -0.485. The lowest BCUT2D eigenvalue weighted by Crippen LogP contribution is -2.06. The van der Waals surface area contributed by atoms with Gasteiger partial charge in [0.15, 0.2) is 5.70 Å². The standard InChI is InChI=1S/C18H15NO4/c1-21-13-9-7-12(8-10-13)11-15-18(20)23-17(19-15)14-5-3-4-6-16(14)22-2/h3-11H,1-2H3. The molecule has 0 aliphatic carbocycles. The van der Waals surface area contributed by atoms with Crippen molar-refractivity contribution >= 4 is 17.9 Å². The van der Waals surface area contributed by atoms with Crippen molar-refractivity contribution < 1.29 is 19.0 Å². The van der Waals surface area contributed by atoms with Gasteiger partial charge in [0.05, 0.1) is 19.8 Å². The van der Waals surface area contributed by atoms with Crippen LogP contribution in [-0.2, 0) is 9.53 Å². The minimum Gasteiger partial charge on any atom is -0.497 e. The first-order valence-corrected chi connectivity index (χ1v) is 7.01. The summed E-state index contributed by atoms with van der Waals surface area (Å²) in [5.74, 6) is 1.11. The fourth-order valence-corrected chi connectivity index (χ4v) is 2.20. The van der Waals surface area contributed by atoms with E-state index in [4.69, 9.17) is 14.2 Å². The Morgan fingerprint density at radius 2 is 1.74 bits per heavy atom. The van der Waals surface area contributed by atoms with E-state index in [1.807, 2.05) is 36.4 Å². The normalized spacial score (nSPS) is 15.3. The largest absolute Gasteiger partial charge is 0.497 e. The molecule has 2 aromatic carbocycles. The molecule has 0 aromatic heterocycles. The van der Waals surface area contributed by atoms with Gasteiger partial charge in [-0.2, -0.15) is 0 Å². The molecular weight excluding hydrogens is 294 g/mol. The van der Waals surface area contributed by atoms with Gasteiger partial charge in [-0.05, 0) is 35.9 Å². The summed E-state index contributed by atoms with van der Waals surface area (Å²) in [4.78, 5) is 16.3. The fraction of sp³-hybridized carbons (Fsp3) is 0.111. The van der Waals surface area contributed by atoms with Gasteiger partial charge in [-0.1, -0.05) is 24.3 Å². The molecule has 0 saturated carbocycles. The Morgan fingerprint density at radius 1 is 1.00 bits per heavy atom. The minimum absolute atomic E-state index is 0.243. The Bertz CT molecular complexity index is 791. The van der Waals surface area contributed by atoms with Crippen LogP contribution in [0.3, 0.4) is 0 Å². The Labute approximate surface area is 133 Å². The second kappa shape index (κ2) is 6.36. The zero-order valence-electron chi connectivity index (χ0n) is 12.8. The topological polar surface area (TPSA) is 57.1 Å². The average molecular weight is 309 g/mol. The Hall–Kier alpha value is -3.08. The van der Waals surface area contributed by atoms with E-state index < -0.39 is 5.97 Å². The lowest BCUT2D eigenvalue weighted by molar-refractivity contribution is -0.129. The van der Waals surface area contributed by atoms with Crippen LogP contribution in [-0.4, -0.2) is 26.1 Å². The molecule has 0 bridgehead atoms. The van der Waals surface area contributed by atoms with Gasteiger partial charge in [-0.3, -0.25) is 0 Å². The van der Waals surface area contributed by atoms with E-state index in [2.05, 4.69) is 4.99 Å². The Kier molecular flexibility index (Phi) is 4.10. The molecule has 0 amide bonds. The number of nitrogens with zero attached hydrogens (tertiary/aromatic N) is 1. The third-order valence-electron chi connectivity index (χ3n) is 3.38. The van der Waals surface area contributed by atoms with E-state index in [0.29, 0.717) is 11.3 Å². The van der Waals surface area contributed by atoms with Gasteiger partial charge in [0.1, 0.15) is 11.5 Å². The summed E-state index contributed by atoms with van der Waals surface area (Å²) in [5, 5.41) is 0. The van der Waals surface area contributed by atoms with Crippen LogP contribution in [0.1, 0.15) is 11.1 Å². The number of carbonyl (C=O) groups is 1. The molecule has 0 fully saturated rings. The molecule has 1 aliphatic rings. The van der Waals surface area contributed by atoms with Gasteiger partial charge in [0.25, 0.3) is 0 Å². The molecule has 1 heterocycles. The number of benzene rings is 2. The lowest BCUT2D eigenvalue weighted by Gasteiger charge is -2.05. The quantitative estimate of drug-likeness (QED) is 0.643. The highest BCUT2D eigenvalue weighted by molar-refractivity contribution is 6.13. The van der Waals surface area contributed by atoms with E-state index in [0.717, 1.165) is 11.3 Å². The summed E-state index contributed by atoms with van der Waals surface area (Å²) in [6.07, 6.45) is 1.67. The Morgan fingerprint density at radius 3 is 2.43 bits per heavy atom. The maximum absolute atomic E-state index is 12.0. The molecule has 0 radical (unpaired) electrons. The maximum atomic E-state index is 12.0. The van der Waals surface area contributed by atoms with E-state index >= 15 is 0 Å². The highest BCUT2D eigenvalue weighted by Gasteiger charge is 2.25. The SMILES string of the molecule is COc1ccc(C=C2N=C(c3ccccc3OC)OC2=O)cc1. The van der Waals surface area contributed by atoms with Crippen LogP contribution in [0.4, 0.5) is 0 Å². The van der Waals surface area contributed by atoms with Crippen molar-refractivity contribution in [3.8, 4) is 11.5 Å². The summed E-state index contributed by atoms with van der Waals surface area (Å²) in [6, 6.07) is 14.6. The third-order valence-corrected chi connectivity index (χ3v) is 3.38. The predicted molar refractivity (Wildman–Crippen MR) is 86.6 cm³/mol. The van der Waals surface area contributed by atoms with Gasteiger partial charge in [0, 0.05) is 0 Å². The number of methoxy groups -OCH3 is 2. The van der Waals surface area contributed by atoms with Gasteiger partial charge < -0.3 is 14.2 Å². The van der Waals surface area contributed by atoms with Crippen molar-refractivity contribution in [3.63, 3.8) is 0 Å². The number of para-hydroxylation sites is 1. The van der Waals surface area contributed by atoms with Crippen LogP contribution in [0.5, 0.6) is 11.5 Å². The number of rotatable bonds is 4. The second-order valence-corrected chi connectivity index (χ2v) is 4.81. The van der Waals surface area contributed by atoms with Gasteiger partial charge in [0.2, 0.25) is 5.90 Å².